The number of nitrogens with zero attached hydrogens (tertiary/aromatic N) is 1. The van der Waals surface area contributed by atoms with Crippen LogP contribution in [-0.2, 0) is 19.6 Å². The van der Waals surface area contributed by atoms with E-state index in [0.717, 1.165) is 0 Å². The summed E-state index contributed by atoms with van der Waals surface area (Å²) in [5.74, 6) is -1.36. The van der Waals surface area contributed by atoms with Crippen LogP contribution in [-0.4, -0.2) is 49.1 Å². The Bertz CT molecular complexity index is 420. The first-order valence-corrected chi connectivity index (χ1v) is 7.49. The fourth-order valence-electron chi connectivity index (χ4n) is 2.09. The number of rotatable bonds is 7. The van der Waals surface area contributed by atoms with E-state index < -0.39 is 16.0 Å². The normalized spacial score (nSPS) is 20.4. The Kier molecular flexibility index (Phi) is 5.09. The third-order valence-electron chi connectivity index (χ3n) is 2.83. The van der Waals surface area contributed by atoms with Crippen LogP contribution in [0.2, 0.25) is 0 Å². The van der Waals surface area contributed by atoms with Crippen molar-refractivity contribution in [1.82, 2.24) is 4.90 Å². The molecule has 1 unspecified atom stereocenters. The number of hydrogen-bond donors (Lipinski definition) is 2. The van der Waals surface area contributed by atoms with Gasteiger partial charge in [0.05, 0.1) is 5.75 Å². The fraction of sp³-hybridized carbons (Fsp3) is 0.800. The monoisotopic (exact) mass is 278 g/mol. The van der Waals surface area contributed by atoms with E-state index in [4.69, 9.17) is 10.2 Å². The number of carbonyl (C=O) groups excluding carboxylic acids is 1. The number of carboxylic acids is 1. The largest absolute Gasteiger partial charge is 0.481 e. The highest BCUT2D eigenvalue weighted by atomic mass is 32.2. The minimum absolute atomic E-state index is 0.0843. The molecule has 3 N–H and O–H groups in total. The molecule has 1 saturated heterocycles. The summed E-state index contributed by atoms with van der Waals surface area (Å²) in [6.45, 7) is 0.871. The van der Waals surface area contributed by atoms with E-state index in [0.29, 0.717) is 25.9 Å². The van der Waals surface area contributed by atoms with Gasteiger partial charge in [-0.15, -0.1) is 0 Å². The SMILES string of the molecule is NS(=O)(=O)CC1CC(=O)N(CCCCC(=O)O)C1. The molecule has 1 fully saturated rings. The van der Waals surface area contributed by atoms with Gasteiger partial charge in [0.2, 0.25) is 15.9 Å². The van der Waals surface area contributed by atoms with E-state index in [9.17, 15) is 18.0 Å². The molecular formula is C10H18N2O5S. The third kappa shape index (κ3) is 5.46. The van der Waals surface area contributed by atoms with Gasteiger partial charge in [0.15, 0.2) is 0 Å². The van der Waals surface area contributed by atoms with Gasteiger partial charge in [-0.25, -0.2) is 13.6 Å². The number of unbranched alkanes of at least 4 members (excludes halogenated alkanes) is 1. The lowest BCUT2D eigenvalue weighted by atomic mass is 10.1. The standard InChI is InChI=1S/C10H18N2O5S/c11-18(16,17)7-8-5-9(13)12(6-8)4-2-1-3-10(14)15/h8H,1-7H2,(H,14,15)(H2,11,16,17). The van der Waals surface area contributed by atoms with Crippen LogP contribution in [0.3, 0.4) is 0 Å². The summed E-state index contributed by atoms with van der Waals surface area (Å²) in [6.07, 6.45) is 1.41. The zero-order valence-corrected chi connectivity index (χ0v) is 10.9. The Morgan fingerprint density at radius 2 is 2.11 bits per heavy atom. The van der Waals surface area contributed by atoms with E-state index >= 15 is 0 Å². The van der Waals surface area contributed by atoms with Crippen LogP contribution in [0.25, 0.3) is 0 Å². The topological polar surface area (TPSA) is 118 Å². The summed E-state index contributed by atoms with van der Waals surface area (Å²) in [5, 5.41) is 13.4. The highest BCUT2D eigenvalue weighted by Crippen LogP contribution is 2.19. The Labute approximate surface area is 106 Å². The van der Waals surface area contributed by atoms with Crippen molar-refractivity contribution in [3.8, 4) is 0 Å². The molecular weight excluding hydrogens is 260 g/mol. The van der Waals surface area contributed by atoms with E-state index in [-0.39, 0.29) is 30.4 Å². The van der Waals surface area contributed by atoms with Crippen LogP contribution >= 0.6 is 0 Å². The van der Waals surface area contributed by atoms with E-state index in [1.54, 1.807) is 4.90 Å². The quantitative estimate of drug-likeness (QED) is 0.602. The number of amides is 1. The Morgan fingerprint density at radius 3 is 2.67 bits per heavy atom. The molecule has 8 heteroatoms. The van der Waals surface area contributed by atoms with Gasteiger partial charge >= 0.3 is 5.97 Å². The summed E-state index contributed by atoms with van der Waals surface area (Å²) in [7, 11) is -3.55. The minimum atomic E-state index is -3.55. The molecule has 0 radical (unpaired) electrons. The lowest BCUT2D eigenvalue weighted by Crippen LogP contribution is -2.28. The van der Waals surface area contributed by atoms with Crippen molar-refractivity contribution >= 4 is 21.9 Å². The predicted octanol–water partition coefficient (Wildman–Crippen LogP) is -0.622. The van der Waals surface area contributed by atoms with Crippen LogP contribution < -0.4 is 5.14 Å². The molecule has 0 aromatic heterocycles. The van der Waals surface area contributed by atoms with Gasteiger partial charge in [0.1, 0.15) is 0 Å². The van der Waals surface area contributed by atoms with Crippen molar-refractivity contribution < 1.29 is 23.1 Å². The lowest BCUT2D eigenvalue weighted by Gasteiger charge is -2.15. The predicted molar refractivity (Wildman–Crippen MR) is 64.1 cm³/mol. The number of sulfonamides is 1. The van der Waals surface area contributed by atoms with Crippen LogP contribution in [0.1, 0.15) is 25.7 Å². The molecule has 0 aliphatic carbocycles. The molecule has 104 valence electrons. The average Bonchev–Trinajstić information content (AvgIpc) is 2.50. The number of hydrogen-bond acceptors (Lipinski definition) is 4. The first kappa shape index (κ1) is 14.9. The van der Waals surface area contributed by atoms with Crippen molar-refractivity contribution in [2.45, 2.75) is 25.7 Å². The maximum Gasteiger partial charge on any atom is 0.303 e. The molecule has 0 aromatic rings. The van der Waals surface area contributed by atoms with Crippen LogP contribution in [0, 0.1) is 5.92 Å². The van der Waals surface area contributed by atoms with Gasteiger partial charge in [0, 0.05) is 31.8 Å². The summed E-state index contributed by atoms with van der Waals surface area (Å²) in [5.41, 5.74) is 0. The highest BCUT2D eigenvalue weighted by Gasteiger charge is 2.31. The van der Waals surface area contributed by atoms with Gasteiger partial charge in [-0.2, -0.15) is 0 Å². The van der Waals surface area contributed by atoms with Crippen LogP contribution in [0.15, 0.2) is 0 Å². The smallest absolute Gasteiger partial charge is 0.303 e. The number of likely N-dealkylation sites (tertiary alicyclic amines) is 1. The second-order valence-electron chi connectivity index (χ2n) is 4.59. The van der Waals surface area contributed by atoms with Crippen molar-refractivity contribution in [3.05, 3.63) is 0 Å². The van der Waals surface area contributed by atoms with Gasteiger partial charge < -0.3 is 10.0 Å². The van der Waals surface area contributed by atoms with Gasteiger partial charge in [-0.05, 0) is 12.8 Å². The van der Waals surface area contributed by atoms with Crippen LogP contribution in [0.4, 0.5) is 0 Å². The lowest BCUT2D eigenvalue weighted by molar-refractivity contribution is -0.137. The number of carbonyl (C=O) groups is 2. The molecule has 1 rings (SSSR count). The van der Waals surface area contributed by atoms with Crippen molar-refractivity contribution in [2.24, 2.45) is 11.1 Å². The van der Waals surface area contributed by atoms with E-state index in [2.05, 4.69) is 0 Å². The second-order valence-corrected chi connectivity index (χ2v) is 6.25. The molecule has 0 bridgehead atoms. The van der Waals surface area contributed by atoms with Gasteiger partial charge in [0.25, 0.3) is 0 Å². The maximum absolute atomic E-state index is 11.6. The third-order valence-corrected chi connectivity index (χ3v) is 3.77. The molecule has 7 nitrogen and oxygen atoms in total. The van der Waals surface area contributed by atoms with E-state index in [1.807, 2.05) is 0 Å². The maximum atomic E-state index is 11.6. The van der Waals surface area contributed by atoms with E-state index in [1.165, 1.54) is 0 Å². The summed E-state index contributed by atoms with van der Waals surface area (Å²) < 4.78 is 21.8. The first-order chi connectivity index (χ1) is 8.28. The highest BCUT2D eigenvalue weighted by molar-refractivity contribution is 7.89. The molecule has 0 spiro atoms. The summed E-state index contributed by atoms with van der Waals surface area (Å²) in [6, 6.07) is 0. The van der Waals surface area contributed by atoms with Crippen LogP contribution in [0.5, 0.6) is 0 Å². The van der Waals surface area contributed by atoms with Gasteiger partial charge in [-0.1, -0.05) is 0 Å². The zero-order chi connectivity index (χ0) is 13.8. The molecule has 18 heavy (non-hydrogen) atoms. The molecule has 0 saturated carbocycles. The molecule has 1 atom stereocenters. The molecule has 1 aliphatic rings. The van der Waals surface area contributed by atoms with Gasteiger partial charge in [-0.3, -0.25) is 9.59 Å². The number of primary sulfonamides is 1. The van der Waals surface area contributed by atoms with Crippen molar-refractivity contribution in [2.75, 3.05) is 18.8 Å². The Morgan fingerprint density at radius 1 is 1.44 bits per heavy atom. The molecule has 1 amide bonds. The number of carboxylic acid groups (broad SMARTS) is 1. The molecule has 1 aliphatic heterocycles. The number of nitrogens with two attached hydrogens (primary N) is 1. The zero-order valence-electron chi connectivity index (χ0n) is 10.0. The van der Waals surface area contributed by atoms with Crippen molar-refractivity contribution in [3.63, 3.8) is 0 Å². The van der Waals surface area contributed by atoms with Crippen molar-refractivity contribution in [1.29, 1.82) is 0 Å². The first-order valence-electron chi connectivity index (χ1n) is 5.78. The Balaban J connectivity index is 2.31. The number of aliphatic carboxylic acids is 1. The summed E-state index contributed by atoms with van der Waals surface area (Å²) >= 11 is 0. The Hall–Kier alpha value is -1.15. The minimum Gasteiger partial charge on any atom is -0.481 e. The molecule has 0 aromatic carbocycles. The average molecular weight is 278 g/mol. The second kappa shape index (κ2) is 6.14. The summed E-state index contributed by atoms with van der Waals surface area (Å²) in [4.78, 5) is 23.5. The fourth-order valence-corrected chi connectivity index (χ4v) is 2.97. The molecule has 1 heterocycles.